The summed E-state index contributed by atoms with van der Waals surface area (Å²) in [6.07, 6.45) is 5.25. The minimum Gasteiger partial charge on any atom is -0.377 e. The molecule has 0 N–H and O–H groups in total. The lowest BCUT2D eigenvalue weighted by Crippen LogP contribution is -2.37. The van der Waals surface area contributed by atoms with Gasteiger partial charge in [0.25, 0.3) is 0 Å². The number of hydrogen-bond donors (Lipinski definition) is 0. The summed E-state index contributed by atoms with van der Waals surface area (Å²) >= 11 is 6.41. The molecule has 3 rings (SSSR count). The Hall–Kier alpha value is -0.530. The van der Waals surface area contributed by atoms with Crippen molar-refractivity contribution in [1.29, 1.82) is 0 Å². The maximum absolute atomic E-state index is 6.41. The third kappa shape index (κ3) is 2.43. The van der Waals surface area contributed by atoms with Crippen LogP contribution in [0.4, 0.5) is 0 Å². The Balaban J connectivity index is 1.90. The normalized spacial score (nSPS) is 30.8. The topological polar surface area (TPSA) is 9.23 Å². The first-order valence-electron chi connectivity index (χ1n) is 7.39. The Labute approximate surface area is 121 Å². The zero-order valence-electron chi connectivity index (χ0n) is 11.9. The standard InChI is InChI=1S/C17H23ClO/c1-12-4-3-5-13(2)15(12)10-17(11-18)8-9-19-16(17)14-6-7-14/h3-5,14,16H,6-11H2,1-2H3. The van der Waals surface area contributed by atoms with Crippen LogP contribution in [0, 0.1) is 25.2 Å². The molecule has 1 aromatic rings. The van der Waals surface area contributed by atoms with Crippen LogP contribution in [-0.2, 0) is 11.2 Å². The van der Waals surface area contributed by atoms with Crippen molar-refractivity contribution in [2.45, 2.75) is 45.6 Å². The first-order valence-corrected chi connectivity index (χ1v) is 7.92. The monoisotopic (exact) mass is 278 g/mol. The van der Waals surface area contributed by atoms with Gasteiger partial charge >= 0.3 is 0 Å². The molecule has 1 aliphatic heterocycles. The number of benzene rings is 1. The summed E-state index contributed by atoms with van der Waals surface area (Å²) in [5, 5.41) is 0. The predicted octanol–water partition coefficient (Wildman–Crippen LogP) is 4.27. The second-order valence-electron chi connectivity index (χ2n) is 6.42. The van der Waals surface area contributed by atoms with Gasteiger partial charge in [0.05, 0.1) is 6.10 Å². The third-order valence-electron chi connectivity index (χ3n) is 4.99. The van der Waals surface area contributed by atoms with Crippen LogP contribution >= 0.6 is 11.6 Å². The van der Waals surface area contributed by atoms with Gasteiger partial charge in [-0.3, -0.25) is 0 Å². The second kappa shape index (κ2) is 5.10. The molecule has 2 heteroatoms. The van der Waals surface area contributed by atoms with Gasteiger partial charge < -0.3 is 4.74 Å². The van der Waals surface area contributed by atoms with Gasteiger partial charge in [-0.2, -0.15) is 0 Å². The van der Waals surface area contributed by atoms with Crippen molar-refractivity contribution in [3.8, 4) is 0 Å². The molecule has 0 radical (unpaired) electrons. The lowest BCUT2D eigenvalue weighted by molar-refractivity contribution is 0.0402. The molecule has 2 aliphatic rings. The average molecular weight is 279 g/mol. The second-order valence-corrected chi connectivity index (χ2v) is 6.69. The van der Waals surface area contributed by atoms with E-state index in [0.29, 0.717) is 6.10 Å². The van der Waals surface area contributed by atoms with E-state index in [4.69, 9.17) is 16.3 Å². The van der Waals surface area contributed by atoms with Crippen molar-refractivity contribution in [3.63, 3.8) is 0 Å². The molecule has 1 nitrogen and oxygen atoms in total. The van der Waals surface area contributed by atoms with Crippen LogP contribution in [0.1, 0.15) is 36.0 Å². The molecule has 19 heavy (non-hydrogen) atoms. The van der Waals surface area contributed by atoms with E-state index in [9.17, 15) is 0 Å². The van der Waals surface area contributed by atoms with Gasteiger partial charge in [0, 0.05) is 17.9 Å². The Bertz CT molecular complexity index is 446. The van der Waals surface area contributed by atoms with E-state index in [1.807, 2.05) is 0 Å². The quantitative estimate of drug-likeness (QED) is 0.748. The molecular formula is C17H23ClO. The summed E-state index contributed by atoms with van der Waals surface area (Å²) in [6.45, 7) is 5.32. The summed E-state index contributed by atoms with van der Waals surface area (Å²) in [5.74, 6) is 1.49. The van der Waals surface area contributed by atoms with E-state index < -0.39 is 0 Å². The molecule has 0 aromatic heterocycles. The number of halogens is 1. The highest BCUT2D eigenvalue weighted by molar-refractivity contribution is 6.18. The number of rotatable bonds is 4. The summed E-state index contributed by atoms with van der Waals surface area (Å²) in [7, 11) is 0. The van der Waals surface area contributed by atoms with Crippen molar-refractivity contribution < 1.29 is 4.74 Å². The lowest BCUT2D eigenvalue weighted by atomic mass is 9.74. The largest absolute Gasteiger partial charge is 0.377 e. The number of alkyl halides is 1. The molecule has 1 heterocycles. The predicted molar refractivity (Wildman–Crippen MR) is 79.9 cm³/mol. The van der Waals surface area contributed by atoms with Gasteiger partial charge in [0.1, 0.15) is 0 Å². The smallest absolute Gasteiger partial charge is 0.0674 e. The molecule has 104 valence electrons. The summed E-state index contributed by atoms with van der Waals surface area (Å²) in [6, 6.07) is 6.57. The molecule has 1 saturated carbocycles. The number of hydrogen-bond acceptors (Lipinski definition) is 1. The van der Waals surface area contributed by atoms with Crippen LogP contribution < -0.4 is 0 Å². The zero-order valence-corrected chi connectivity index (χ0v) is 12.7. The summed E-state index contributed by atoms with van der Waals surface area (Å²) in [4.78, 5) is 0. The van der Waals surface area contributed by atoms with Crippen LogP contribution in [0.15, 0.2) is 18.2 Å². The molecule has 2 atom stereocenters. The molecule has 1 aromatic carbocycles. The minimum absolute atomic E-state index is 0.166. The van der Waals surface area contributed by atoms with Crippen molar-refractivity contribution in [2.24, 2.45) is 11.3 Å². The fourth-order valence-corrected chi connectivity index (χ4v) is 3.98. The van der Waals surface area contributed by atoms with Crippen LogP contribution in [0.5, 0.6) is 0 Å². The van der Waals surface area contributed by atoms with Gasteiger partial charge in [-0.05, 0) is 62.1 Å². The Kier molecular flexibility index (Phi) is 3.61. The molecule has 0 amide bonds. The lowest BCUT2D eigenvalue weighted by Gasteiger charge is -2.33. The highest BCUT2D eigenvalue weighted by atomic mass is 35.5. The van der Waals surface area contributed by atoms with E-state index in [1.165, 1.54) is 29.5 Å². The summed E-state index contributed by atoms with van der Waals surface area (Å²) < 4.78 is 6.05. The highest BCUT2D eigenvalue weighted by Crippen LogP contribution is 2.50. The molecular weight excluding hydrogens is 256 g/mol. The summed E-state index contributed by atoms with van der Waals surface area (Å²) in [5.41, 5.74) is 4.44. The van der Waals surface area contributed by atoms with Crippen molar-refractivity contribution in [2.75, 3.05) is 12.5 Å². The van der Waals surface area contributed by atoms with Crippen LogP contribution in [0.2, 0.25) is 0 Å². The van der Waals surface area contributed by atoms with Crippen LogP contribution in [0.25, 0.3) is 0 Å². The maximum atomic E-state index is 6.41. The van der Waals surface area contributed by atoms with Crippen molar-refractivity contribution >= 4 is 11.6 Å². The van der Waals surface area contributed by atoms with E-state index >= 15 is 0 Å². The average Bonchev–Trinajstić information content (AvgIpc) is 3.15. The molecule has 0 spiro atoms. The van der Waals surface area contributed by atoms with E-state index in [0.717, 1.165) is 31.2 Å². The fraction of sp³-hybridized carbons (Fsp3) is 0.647. The van der Waals surface area contributed by atoms with Gasteiger partial charge in [-0.15, -0.1) is 11.6 Å². The first kappa shape index (κ1) is 13.5. The van der Waals surface area contributed by atoms with E-state index in [1.54, 1.807) is 0 Å². The molecule has 2 unspecified atom stereocenters. The molecule has 1 saturated heterocycles. The fourth-order valence-electron chi connectivity index (χ4n) is 3.60. The first-order chi connectivity index (χ1) is 9.16. The SMILES string of the molecule is Cc1cccc(C)c1CC1(CCl)CCOC1C1CC1. The Morgan fingerprint density at radius 2 is 1.95 bits per heavy atom. The zero-order chi connectivity index (χ0) is 13.5. The Morgan fingerprint density at radius 3 is 2.53 bits per heavy atom. The Morgan fingerprint density at radius 1 is 1.26 bits per heavy atom. The van der Waals surface area contributed by atoms with Crippen molar-refractivity contribution in [3.05, 3.63) is 34.9 Å². The highest BCUT2D eigenvalue weighted by Gasteiger charge is 2.50. The van der Waals surface area contributed by atoms with Gasteiger partial charge in [-0.25, -0.2) is 0 Å². The van der Waals surface area contributed by atoms with Crippen molar-refractivity contribution in [1.82, 2.24) is 0 Å². The van der Waals surface area contributed by atoms with Crippen LogP contribution in [-0.4, -0.2) is 18.6 Å². The van der Waals surface area contributed by atoms with Gasteiger partial charge in [-0.1, -0.05) is 18.2 Å². The van der Waals surface area contributed by atoms with Gasteiger partial charge in [0.15, 0.2) is 0 Å². The van der Waals surface area contributed by atoms with E-state index in [-0.39, 0.29) is 5.41 Å². The molecule has 0 bridgehead atoms. The van der Waals surface area contributed by atoms with Gasteiger partial charge in [0.2, 0.25) is 0 Å². The molecule has 1 aliphatic carbocycles. The molecule has 2 fully saturated rings. The third-order valence-corrected chi connectivity index (χ3v) is 5.52. The number of ether oxygens (including phenoxy) is 1. The van der Waals surface area contributed by atoms with Crippen LogP contribution in [0.3, 0.4) is 0 Å². The number of aryl methyl sites for hydroxylation is 2. The van der Waals surface area contributed by atoms with E-state index in [2.05, 4.69) is 32.0 Å². The maximum Gasteiger partial charge on any atom is 0.0674 e. The minimum atomic E-state index is 0.166.